The lowest BCUT2D eigenvalue weighted by Gasteiger charge is -2.35. The first-order valence-corrected chi connectivity index (χ1v) is 7.69. The van der Waals surface area contributed by atoms with E-state index < -0.39 is 0 Å². The second-order valence-corrected chi connectivity index (χ2v) is 5.47. The van der Waals surface area contributed by atoms with Gasteiger partial charge in [0.05, 0.1) is 13.5 Å². The fraction of sp³-hybridized carbons (Fsp3) is 0.353. The van der Waals surface area contributed by atoms with E-state index in [1.165, 1.54) is 0 Å². The van der Waals surface area contributed by atoms with Crippen LogP contribution in [0.5, 0.6) is 5.75 Å². The first kappa shape index (κ1) is 15.3. The number of ether oxygens (including phenoxy) is 1. The summed E-state index contributed by atoms with van der Waals surface area (Å²) in [6.45, 7) is 3.00. The topological polar surface area (TPSA) is 58.6 Å². The largest absolute Gasteiger partial charge is 0.497 e. The number of rotatable bonds is 4. The van der Waals surface area contributed by atoms with Gasteiger partial charge >= 0.3 is 0 Å². The summed E-state index contributed by atoms with van der Waals surface area (Å²) < 4.78 is 5.13. The van der Waals surface area contributed by atoms with Crippen molar-refractivity contribution in [1.29, 1.82) is 0 Å². The molecule has 1 aromatic carbocycles. The minimum Gasteiger partial charge on any atom is -0.497 e. The summed E-state index contributed by atoms with van der Waals surface area (Å²) in [6, 6.07) is 11.5. The van der Waals surface area contributed by atoms with Gasteiger partial charge in [-0.25, -0.2) is 0 Å². The Morgan fingerprint density at radius 1 is 1.13 bits per heavy atom. The van der Waals surface area contributed by atoms with Crippen molar-refractivity contribution < 1.29 is 9.53 Å². The summed E-state index contributed by atoms with van der Waals surface area (Å²) in [4.78, 5) is 16.5. The van der Waals surface area contributed by atoms with E-state index in [1.54, 1.807) is 13.3 Å². The van der Waals surface area contributed by atoms with Crippen molar-refractivity contribution in [1.82, 2.24) is 15.1 Å². The molecule has 1 aliphatic heterocycles. The van der Waals surface area contributed by atoms with Gasteiger partial charge in [0.1, 0.15) is 5.75 Å². The molecule has 1 amide bonds. The Balaban J connectivity index is 1.53. The molecule has 3 rings (SSSR count). The maximum Gasteiger partial charge on any atom is 0.227 e. The summed E-state index contributed by atoms with van der Waals surface area (Å²) in [5.74, 6) is 1.84. The SMILES string of the molecule is COc1ccc(CC(=O)N2CCN(c3cccnn3)CC2)cc1. The summed E-state index contributed by atoms with van der Waals surface area (Å²) in [5, 5.41) is 8.02. The highest BCUT2D eigenvalue weighted by Gasteiger charge is 2.21. The first-order chi connectivity index (χ1) is 11.3. The number of hydrogen-bond donors (Lipinski definition) is 0. The van der Waals surface area contributed by atoms with Crippen molar-refractivity contribution in [2.75, 3.05) is 38.2 Å². The Morgan fingerprint density at radius 3 is 2.48 bits per heavy atom. The predicted octanol–water partition coefficient (Wildman–Crippen LogP) is 1.38. The Hall–Kier alpha value is -2.63. The molecule has 2 aromatic rings. The summed E-state index contributed by atoms with van der Waals surface area (Å²) in [5.41, 5.74) is 1.01. The highest BCUT2D eigenvalue weighted by Crippen LogP contribution is 2.15. The van der Waals surface area contributed by atoms with Gasteiger partial charge in [0.2, 0.25) is 5.91 Å². The maximum atomic E-state index is 12.4. The fourth-order valence-corrected chi connectivity index (χ4v) is 2.68. The zero-order valence-electron chi connectivity index (χ0n) is 13.2. The quantitative estimate of drug-likeness (QED) is 0.853. The van der Waals surface area contributed by atoms with Crippen molar-refractivity contribution >= 4 is 11.7 Å². The fourth-order valence-electron chi connectivity index (χ4n) is 2.68. The Bertz CT molecular complexity index is 637. The number of piperazine rings is 1. The average Bonchev–Trinajstić information content (AvgIpc) is 2.63. The molecule has 0 radical (unpaired) electrons. The molecule has 0 bridgehead atoms. The Labute approximate surface area is 135 Å². The molecule has 0 unspecified atom stereocenters. The van der Waals surface area contributed by atoms with Gasteiger partial charge < -0.3 is 14.5 Å². The van der Waals surface area contributed by atoms with Gasteiger partial charge in [-0.3, -0.25) is 4.79 Å². The number of nitrogens with zero attached hydrogens (tertiary/aromatic N) is 4. The van der Waals surface area contributed by atoms with Crippen molar-refractivity contribution in [3.05, 3.63) is 48.2 Å². The third-order valence-corrected chi connectivity index (χ3v) is 4.03. The number of methoxy groups -OCH3 is 1. The molecule has 6 heteroatoms. The van der Waals surface area contributed by atoms with Crippen LogP contribution in [0.1, 0.15) is 5.56 Å². The van der Waals surface area contributed by atoms with E-state index in [2.05, 4.69) is 15.1 Å². The van der Waals surface area contributed by atoms with Crippen LogP contribution in [-0.4, -0.2) is 54.3 Å². The van der Waals surface area contributed by atoms with Crippen LogP contribution in [0.3, 0.4) is 0 Å². The smallest absolute Gasteiger partial charge is 0.227 e. The second kappa shape index (κ2) is 7.09. The predicted molar refractivity (Wildman–Crippen MR) is 87.5 cm³/mol. The number of anilines is 1. The highest BCUT2D eigenvalue weighted by atomic mass is 16.5. The van der Waals surface area contributed by atoms with Crippen molar-refractivity contribution in [3.8, 4) is 5.75 Å². The molecule has 23 heavy (non-hydrogen) atoms. The average molecular weight is 312 g/mol. The molecular weight excluding hydrogens is 292 g/mol. The Morgan fingerprint density at radius 2 is 1.87 bits per heavy atom. The first-order valence-electron chi connectivity index (χ1n) is 7.69. The van der Waals surface area contributed by atoms with Gasteiger partial charge in [0.25, 0.3) is 0 Å². The molecule has 120 valence electrons. The maximum absolute atomic E-state index is 12.4. The van der Waals surface area contributed by atoms with Crippen molar-refractivity contribution in [3.63, 3.8) is 0 Å². The monoisotopic (exact) mass is 312 g/mol. The van der Waals surface area contributed by atoms with Gasteiger partial charge in [0.15, 0.2) is 5.82 Å². The van der Waals surface area contributed by atoms with Gasteiger partial charge in [0, 0.05) is 32.4 Å². The van der Waals surface area contributed by atoms with Crippen LogP contribution < -0.4 is 9.64 Å². The molecule has 1 aromatic heterocycles. The Kier molecular flexibility index (Phi) is 4.71. The van der Waals surface area contributed by atoms with E-state index in [0.717, 1.165) is 30.2 Å². The van der Waals surface area contributed by atoms with E-state index >= 15 is 0 Å². The summed E-state index contributed by atoms with van der Waals surface area (Å²) in [7, 11) is 1.64. The zero-order chi connectivity index (χ0) is 16.1. The number of amides is 1. The number of benzene rings is 1. The number of aromatic nitrogens is 2. The standard InChI is InChI=1S/C17H20N4O2/c1-23-15-6-4-14(5-7-15)13-17(22)21-11-9-20(10-12-21)16-3-2-8-18-19-16/h2-8H,9-13H2,1H3. The van der Waals surface area contributed by atoms with Gasteiger partial charge in [-0.1, -0.05) is 12.1 Å². The van der Waals surface area contributed by atoms with E-state index in [4.69, 9.17) is 4.74 Å². The molecular formula is C17H20N4O2. The molecule has 0 spiro atoms. The van der Waals surface area contributed by atoms with E-state index in [1.807, 2.05) is 41.3 Å². The molecule has 1 aliphatic rings. The van der Waals surface area contributed by atoms with Crippen molar-refractivity contribution in [2.45, 2.75) is 6.42 Å². The third kappa shape index (κ3) is 3.77. The van der Waals surface area contributed by atoms with Crippen LogP contribution in [0.25, 0.3) is 0 Å². The van der Waals surface area contributed by atoms with Crippen molar-refractivity contribution in [2.24, 2.45) is 0 Å². The molecule has 2 heterocycles. The third-order valence-electron chi connectivity index (χ3n) is 4.03. The zero-order valence-corrected chi connectivity index (χ0v) is 13.2. The van der Waals surface area contributed by atoms with Gasteiger partial charge in [-0.2, -0.15) is 5.10 Å². The lowest BCUT2D eigenvalue weighted by molar-refractivity contribution is -0.130. The van der Waals surface area contributed by atoms with Crippen LogP contribution in [0.4, 0.5) is 5.82 Å². The molecule has 0 saturated carbocycles. The van der Waals surface area contributed by atoms with E-state index in [9.17, 15) is 4.79 Å². The van der Waals surface area contributed by atoms with E-state index in [-0.39, 0.29) is 5.91 Å². The van der Waals surface area contributed by atoms with Crippen LogP contribution in [-0.2, 0) is 11.2 Å². The number of carbonyl (C=O) groups is 1. The molecule has 0 aliphatic carbocycles. The lowest BCUT2D eigenvalue weighted by atomic mass is 10.1. The van der Waals surface area contributed by atoms with Crippen LogP contribution in [0.2, 0.25) is 0 Å². The molecule has 1 saturated heterocycles. The molecule has 0 atom stereocenters. The van der Waals surface area contributed by atoms with Crippen LogP contribution in [0.15, 0.2) is 42.6 Å². The van der Waals surface area contributed by atoms with Crippen LogP contribution >= 0.6 is 0 Å². The molecule has 6 nitrogen and oxygen atoms in total. The highest BCUT2D eigenvalue weighted by molar-refractivity contribution is 5.79. The van der Waals surface area contributed by atoms with Gasteiger partial charge in [-0.05, 0) is 29.8 Å². The normalized spacial score (nSPS) is 14.7. The number of hydrogen-bond acceptors (Lipinski definition) is 5. The molecule has 0 N–H and O–H groups in total. The minimum atomic E-state index is 0.161. The summed E-state index contributed by atoms with van der Waals surface area (Å²) >= 11 is 0. The molecule has 1 fully saturated rings. The van der Waals surface area contributed by atoms with E-state index in [0.29, 0.717) is 19.5 Å². The number of carbonyl (C=O) groups excluding carboxylic acids is 1. The second-order valence-electron chi connectivity index (χ2n) is 5.47. The van der Waals surface area contributed by atoms with Crippen LogP contribution in [0, 0.1) is 0 Å². The minimum absolute atomic E-state index is 0.161. The summed E-state index contributed by atoms with van der Waals surface area (Å²) in [6.07, 6.45) is 2.09. The lowest BCUT2D eigenvalue weighted by Crippen LogP contribution is -2.49. The van der Waals surface area contributed by atoms with Gasteiger partial charge in [-0.15, -0.1) is 5.10 Å².